The molecule has 2 N–H and O–H groups in total. The third-order valence-corrected chi connectivity index (χ3v) is 3.40. The molecule has 3 rings (SSSR count). The summed E-state index contributed by atoms with van der Waals surface area (Å²) in [5.74, 6) is 0.803. The van der Waals surface area contributed by atoms with Crippen LogP contribution in [0.3, 0.4) is 0 Å². The fraction of sp³-hybridized carbons (Fsp3) is 0.200. The highest BCUT2D eigenvalue weighted by molar-refractivity contribution is 5.77. The Morgan fingerprint density at radius 1 is 1.30 bits per heavy atom. The van der Waals surface area contributed by atoms with Gasteiger partial charge in [-0.1, -0.05) is 18.2 Å². The standard InChI is InChI=1S/C15H12N4O/c16-7-10(8-17)5-12-9-18-19-15(12)14-6-11-3-1-2-4-13(11)20-14/h1-6,12,15,18-19H,9H2. The minimum Gasteiger partial charge on any atom is -0.459 e. The van der Waals surface area contributed by atoms with Gasteiger partial charge in [0.2, 0.25) is 0 Å². The van der Waals surface area contributed by atoms with Gasteiger partial charge in [-0.05, 0) is 18.2 Å². The molecule has 1 saturated heterocycles. The van der Waals surface area contributed by atoms with Crippen molar-refractivity contribution in [1.82, 2.24) is 10.9 Å². The summed E-state index contributed by atoms with van der Waals surface area (Å²) < 4.78 is 5.83. The zero-order chi connectivity index (χ0) is 13.9. The molecule has 0 radical (unpaired) electrons. The number of benzene rings is 1. The van der Waals surface area contributed by atoms with Crippen LogP contribution in [-0.2, 0) is 0 Å². The average Bonchev–Trinajstić information content (AvgIpc) is 3.10. The Labute approximate surface area is 116 Å². The summed E-state index contributed by atoms with van der Waals surface area (Å²) in [6, 6.07) is 13.5. The van der Waals surface area contributed by atoms with Crippen molar-refractivity contribution >= 4 is 11.0 Å². The molecule has 1 aromatic heterocycles. The van der Waals surface area contributed by atoms with E-state index < -0.39 is 0 Å². The second-order valence-electron chi connectivity index (χ2n) is 4.66. The highest BCUT2D eigenvalue weighted by atomic mass is 16.3. The van der Waals surface area contributed by atoms with Gasteiger partial charge in [-0.15, -0.1) is 0 Å². The van der Waals surface area contributed by atoms with Gasteiger partial charge >= 0.3 is 0 Å². The van der Waals surface area contributed by atoms with Crippen LogP contribution in [0.4, 0.5) is 0 Å². The number of hydrazine groups is 1. The number of nitrogens with one attached hydrogen (secondary N) is 2. The van der Waals surface area contributed by atoms with Crippen molar-refractivity contribution in [2.75, 3.05) is 6.54 Å². The van der Waals surface area contributed by atoms with E-state index in [4.69, 9.17) is 14.9 Å². The number of hydrogen-bond donors (Lipinski definition) is 2. The number of furan rings is 1. The quantitative estimate of drug-likeness (QED) is 0.812. The van der Waals surface area contributed by atoms with E-state index in [1.807, 2.05) is 42.5 Å². The van der Waals surface area contributed by atoms with Crippen LogP contribution < -0.4 is 10.9 Å². The smallest absolute Gasteiger partial charge is 0.134 e. The Kier molecular flexibility index (Phi) is 3.22. The Bertz CT molecular complexity index is 698. The summed E-state index contributed by atoms with van der Waals surface area (Å²) in [6.45, 7) is 0.647. The molecule has 2 unspecified atom stereocenters. The molecule has 2 atom stereocenters. The molecule has 98 valence electrons. The van der Waals surface area contributed by atoms with Gasteiger partial charge in [0.1, 0.15) is 29.1 Å². The van der Waals surface area contributed by atoms with Gasteiger partial charge < -0.3 is 4.42 Å². The normalized spacial score (nSPS) is 21.3. The number of hydrogen-bond acceptors (Lipinski definition) is 5. The van der Waals surface area contributed by atoms with E-state index in [-0.39, 0.29) is 17.5 Å². The fourth-order valence-corrected chi connectivity index (χ4v) is 2.42. The molecule has 0 aliphatic carbocycles. The van der Waals surface area contributed by atoms with E-state index in [9.17, 15) is 0 Å². The first-order chi connectivity index (χ1) is 9.81. The minimum atomic E-state index is -0.0842. The third-order valence-electron chi connectivity index (χ3n) is 3.40. The Hall–Kier alpha value is -2.60. The van der Waals surface area contributed by atoms with Crippen molar-refractivity contribution in [3.63, 3.8) is 0 Å². The van der Waals surface area contributed by atoms with Gasteiger partial charge in [0.25, 0.3) is 0 Å². The summed E-state index contributed by atoms with van der Waals surface area (Å²) in [7, 11) is 0. The summed E-state index contributed by atoms with van der Waals surface area (Å²) in [6.07, 6.45) is 1.69. The molecule has 20 heavy (non-hydrogen) atoms. The highest BCUT2D eigenvalue weighted by Crippen LogP contribution is 2.31. The number of allylic oxidation sites excluding steroid dienone is 1. The molecule has 5 nitrogen and oxygen atoms in total. The molecule has 0 spiro atoms. The van der Waals surface area contributed by atoms with Crippen molar-refractivity contribution in [2.45, 2.75) is 6.04 Å². The van der Waals surface area contributed by atoms with E-state index >= 15 is 0 Å². The van der Waals surface area contributed by atoms with Gasteiger partial charge in [-0.2, -0.15) is 10.5 Å². The zero-order valence-corrected chi connectivity index (χ0v) is 10.6. The van der Waals surface area contributed by atoms with Crippen molar-refractivity contribution in [3.05, 3.63) is 47.7 Å². The SMILES string of the molecule is N#CC(C#N)=CC1CNNC1c1cc2ccccc2o1. The average molecular weight is 264 g/mol. The summed E-state index contributed by atoms with van der Waals surface area (Å²) >= 11 is 0. The topological polar surface area (TPSA) is 84.8 Å². The van der Waals surface area contributed by atoms with E-state index in [1.54, 1.807) is 6.08 Å². The van der Waals surface area contributed by atoms with Crippen LogP contribution in [0.25, 0.3) is 11.0 Å². The molecular weight excluding hydrogens is 252 g/mol. The minimum absolute atomic E-state index is 0.00450. The molecule has 1 aliphatic rings. The molecule has 1 aromatic carbocycles. The second kappa shape index (κ2) is 5.18. The van der Waals surface area contributed by atoms with Gasteiger partial charge in [-0.25, -0.2) is 5.43 Å². The first-order valence-electron chi connectivity index (χ1n) is 6.30. The molecule has 0 saturated carbocycles. The van der Waals surface area contributed by atoms with Crippen LogP contribution in [-0.4, -0.2) is 6.54 Å². The largest absolute Gasteiger partial charge is 0.459 e. The van der Waals surface area contributed by atoms with Gasteiger partial charge in [0, 0.05) is 17.8 Å². The summed E-state index contributed by atoms with van der Waals surface area (Å²) in [4.78, 5) is 0. The van der Waals surface area contributed by atoms with Crippen LogP contribution in [0.2, 0.25) is 0 Å². The molecule has 0 bridgehead atoms. The maximum Gasteiger partial charge on any atom is 0.134 e. The molecule has 2 aromatic rings. The van der Waals surface area contributed by atoms with Gasteiger partial charge in [0.15, 0.2) is 0 Å². The fourth-order valence-electron chi connectivity index (χ4n) is 2.42. The second-order valence-corrected chi connectivity index (χ2v) is 4.66. The van der Waals surface area contributed by atoms with Crippen molar-refractivity contribution in [3.8, 4) is 12.1 Å². The Balaban J connectivity index is 1.94. The first kappa shape index (κ1) is 12.4. The van der Waals surface area contributed by atoms with Crippen molar-refractivity contribution in [2.24, 2.45) is 5.92 Å². The van der Waals surface area contributed by atoms with E-state index in [0.717, 1.165) is 16.7 Å². The van der Waals surface area contributed by atoms with Crippen LogP contribution in [0, 0.1) is 28.6 Å². The van der Waals surface area contributed by atoms with E-state index in [0.29, 0.717) is 6.54 Å². The van der Waals surface area contributed by atoms with Crippen LogP contribution in [0.15, 0.2) is 46.4 Å². The maximum atomic E-state index is 8.85. The van der Waals surface area contributed by atoms with Crippen LogP contribution >= 0.6 is 0 Å². The summed E-state index contributed by atoms with van der Waals surface area (Å²) in [5.41, 5.74) is 7.14. The molecular formula is C15H12N4O. The van der Waals surface area contributed by atoms with E-state index in [2.05, 4.69) is 10.9 Å². The molecule has 5 heteroatoms. The predicted molar refractivity (Wildman–Crippen MR) is 72.9 cm³/mol. The monoisotopic (exact) mass is 264 g/mol. The summed E-state index contributed by atoms with van der Waals surface area (Å²) in [5, 5.41) is 18.7. The highest BCUT2D eigenvalue weighted by Gasteiger charge is 2.29. The van der Waals surface area contributed by atoms with Crippen LogP contribution in [0.1, 0.15) is 11.8 Å². The van der Waals surface area contributed by atoms with Gasteiger partial charge in [0.05, 0.1) is 6.04 Å². The molecule has 1 aliphatic heterocycles. The number of nitriles is 2. The Morgan fingerprint density at radius 3 is 2.85 bits per heavy atom. The van der Waals surface area contributed by atoms with Crippen molar-refractivity contribution < 1.29 is 4.42 Å². The van der Waals surface area contributed by atoms with Crippen molar-refractivity contribution in [1.29, 1.82) is 10.5 Å². The Morgan fingerprint density at radius 2 is 2.10 bits per heavy atom. The third kappa shape index (κ3) is 2.17. The number of para-hydroxylation sites is 1. The molecule has 0 amide bonds. The lowest BCUT2D eigenvalue weighted by molar-refractivity contribution is 0.425. The maximum absolute atomic E-state index is 8.85. The molecule has 2 heterocycles. The predicted octanol–water partition coefficient (Wildman–Crippen LogP) is 2.17. The zero-order valence-electron chi connectivity index (χ0n) is 10.6. The number of nitrogens with zero attached hydrogens (tertiary/aromatic N) is 2. The lowest BCUT2D eigenvalue weighted by atomic mass is 9.97. The first-order valence-corrected chi connectivity index (χ1v) is 6.30. The van der Waals surface area contributed by atoms with Crippen LogP contribution in [0.5, 0.6) is 0 Å². The molecule has 1 fully saturated rings. The lowest BCUT2D eigenvalue weighted by Gasteiger charge is -2.11. The lowest BCUT2D eigenvalue weighted by Crippen LogP contribution is -2.24. The van der Waals surface area contributed by atoms with Gasteiger partial charge in [-0.3, -0.25) is 5.43 Å². The number of fused-ring (bicyclic) bond motifs is 1. The van der Waals surface area contributed by atoms with E-state index in [1.165, 1.54) is 0 Å². The number of rotatable bonds is 2.